The molecule has 0 radical (unpaired) electrons. The molecular weight excluding hydrogens is 444 g/mol. The summed E-state index contributed by atoms with van der Waals surface area (Å²) < 4.78 is 12.7. The fraction of sp³-hybridized carbons (Fsp3) is 0.240. The van der Waals surface area contributed by atoms with Crippen LogP contribution in [0, 0.1) is 13.8 Å². The van der Waals surface area contributed by atoms with Crippen molar-refractivity contribution in [3.8, 4) is 11.5 Å². The third-order valence-corrected chi connectivity index (χ3v) is 6.46. The lowest BCUT2D eigenvalue weighted by molar-refractivity contribution is -0.116. The molecule has 0 atom stereocenters. The number of nitrogens with zero attached hydrogens (tertiary/aromatic N) is 1. The maximum Gasteiger partial charge on any atom is 0.238 e. The number of hydrogen-bond donors (Lipinski definition) is 1. The van der Waals surface area contributed by atoms with Crippen LogP contribution in [0.5, 0.6) is 11.5 Å². The Morgan fingerprint density at radius 1 is 1.03 bits per heavy atom. The maximum atomic E-state index is 11.9. The minimum atomic E-state index is -0.418. The van der Waals surface area contributed by atoms with E-state index in [2.05, 4.69) is 19.1 Å². The van der Waals surface area contributed by atoms with Crippen molar-refractivity contribution in [3.63, 3.8) is 0 Å². The molecule has 0 unspecified atom stereocenters. The Hall–Kier alpha value is -2.83. The first-order valence-corrected chi connectivity index (χ1v) is 11.3. The normalized spacial score (nSPS) is 10.7. The molecule has 2 N–H and O–H groups in total. The standard InChI is InChI=1S/C25H27ClN2O3S/c1-16-8-10-22(18(12-16)13-20-17(2)6-5-7-21(20)26)28(15-25(27)29)32-19-9-11-23(30-3)24(14-19)31-4/h5-12,14H,13,15H2,1-4H3,(H2,27,29). The quantitative estimate of drug-likeness (QED) is 0.414. The van der Waals surface area contributed by atoms with Crippen molar-refractivity contribution >= 4 is 35.1 Å². The number of ether oxygens (including phenoxy) is 2. The maximum absolute atomic E-state index is 11.9. The van der Waals surface area contributed by atoms with Gasteiger partial charge in [-0.05, 0) is 72.8 Å². The topological polar surface area (TPSA) is 64.8 Å². The van der Waals surface area contributed by atoms with Crippen LogP contribution in [0.4, 0.5) is 5.69 Å². The van der Waals surface area contributed by atoms with Crippen molar-refractivity contribution in [2.75, 3.05) is 25.1 Å². The first-order chi connectivity index (χ1) is 15.3. The Balaban J connectivity index is 2.02. The van der Waals surface area contributed by atoms with E-state index >= 15 is 0 Å². The van der Waals surface area contributed by atoms with Gasteiger partial charge in [-0.3, -0.25) is 4.79 Å². The monoisotopic (exact) mass is 470 g/mol. The average molecular weight is 471 g/mol. The smallest absolute Gasteiger partial charge is 0.238 e. The van der Waals surface area contributed by atoms with E-state index in [1.807, 2.05) is 53.7 Å². The lowest BCUT2D eigenvalue weighted by Crippen LogP contribution is -2.29. The van der Waals surface area contributed by atoms with Gasteiger partial charge in [-0.15, -0.1) is 0 Å². The van der Waals surface area contributed by atoms with Crippen molar-refractivity contribution < 1.29 is 14.3 Å². The molecule has 3 aromatic carbocycles. The molecule has 7 heteroatoms. The zero-order valence-electron chi connectivity index (χ0n) is 18.6. The molecule has 168 valence electrons. The second-order valence-corrected chi connectivity index (χ2v) is 8.96. The Morgan fingerprint density at radius 3 is 2.44 bits per heavy atom. The van der Waals surface area contributed by atoms with E-state index in [4.69, 9.17) is 26.8 Å². The van der Waals surface area contributed by atoms with Gasteiger partial charge in [0.15, 0.2) is 11.5 Å². The van der Waals surface area contributed by atoms with Crippen LogP contribution in [0.1, 0.15) is 22.3 Å². The molecule has 0 bridgehead atoms. The summed E-state index contributed by atoms with van der Waals surface area (Å²) in [4.78, 5) is 12.8. The van der Waals surface area contributed by atoms with Gasteiger partial charge >= 0.3 is 0 Å². The number of halogens is 1. The first-order valence-electron chi connectivity index (χ1n) is 10.1. The van der Waals surface area contributed by atoms with E-state index in [0.717, 1.165) is 37.9 Å². The number of rotatable bonds is 9. The van der Waals surface area contributed by atoms with Gasteiger partial charge in [-0.1, -0.05) is 41.4 Å². The van der Waals surface area contributed by atoms with Gasteiger partial charge in [0, 0.05) is 16.3 Å². The van der Waals surface area contributed by atoms with Crippen molar-refractivity contribution in [1.29, 1.82) is 0 Å². The average Bonchev–Trinajstić information content (AvgIpc) is 2.75. The third kappa shape index (κ3) is 5.69. The Bertz CT molecular complexity index is 1100. The number of methoxy groups -OCH3 is 2. The van der Waals surface area contributed by atoms with Gasteiger partial charge in [0.2, 0.25) is 5.91 Å². The van der Waals surface area contributed by atoms with Crippen LogP contribution in [0.25, 0.3) is 0 Å². The lowest BCUT2D eigenvalue weighted by Gasteiger charge is -2.26. The highest BCUT2D eigenvalue weighted by molar-refractivity contribution is 8.00. The molecule has 0 spiro atoms. The zero-order chi connectivity index (χ0) is 23.3. The van der Waals surface area contributed by atoms with Gasteiger partial charge in [0.05, 0.1) is 19.9 Å². The van der Waals surface area contributed by atoms with E-state index in [0.29, 0.717) is 17.9 Å². The van der Waals surface area contributed by atoms with Crippen molar-refractivity contribution in [2.24, 2.45) is 5.73 Å². The van der Waals surface area contributed by atoms with E-state index in [9.17, 15) is 4.79 Å². The van der Waals surface area contributed by atoms with Crippen LogP contribution < -0.4 is 19.5 Å². The summed E-state index contributed by atoms with van der Waals surface area (Å²) >= 11 is 7.93. The summed E-state index contributed by atoms with van der Waals surface area (Å²) in [5.41, 5.74) is 10.9. The molecule has 1 amide bonds. The number of benzene rings is 3. The number of carbonyl (C=O) groups excluding carboxylic acids is 1. The van der Waals surface area contributed by atoms with E-state index in [-0.39, 0.29) is 6.54 Å². The van der Waals surface area contributed by atoms with Gasteiger partial charge in [-0.2, -0.15) is 0 Å². The van der Waals surface area contributed by atoms with Crippen LogP contribution >= 0.6 is 23.5 Å². The molecule has 0 aromatic heterocycles. The van der Waals surface area contributed by atoms with Crippen LogP contribution in [0.15, 0.2) is 59.5 Å². The predicted molar refractivity (Wildman–Crippen MR) is 132 cm³/mol. The second-order valence-electron chi connectivity index (χ2n) is 7.46. The number of carbonyl (C=O) groups is 1. The minimum Gasteiger partial charge on any atom is -0.493 e. The highest BCUT2D eigenvalue weighted by Crippen LogP contribution is 2.37. The number of primary amides is 1. The summed E-state index contributed by atoms with van der Waals surface area (Å²) in [6.45, 7) is 4.15. The summed E-state index contributed by atoms with van der Waals surface area (Å²) in [5, 5.41) is 0.728. The molecule has 0 aliphatic heterocycles. The fourth-order valence-corrected chi connectivity index (χ4v) is 4.79. The highest BCUT2D eigenvalue weighted by atomic mass is 35.5. The number of aryl methyl sites for hydroxylation is 2. The van der Waals surface area contributed by atoms with Crippen LogP contribution in [-0.4, -0.2) is 26.7 Å². The van der Waals surface area contributed by atoms with Gasteiger partial charge in [0.25, 0.3) is 0 Å². The molecule has 3 rings (SSSR count). The van der Waals surface area contributed by atoms with Crippen LogP contribution in [-0.2, 0) is 11.2 Å². The summed E-state index contributed by atoms with van der Waals surface area (Å²) in [6.07, 6.45) is 0.643. The Kier molecular flexibility index (Phi) is 7.94. The molecular formula is C25H27ClN2O3S. The van der Waals surface area contributed by atoms with E-state index in [1.54, 1.807) is 14.2 Å². The van der Waals surface area contributed by atoms with Crippen LogP contribution in [0.3, 0.4) is 0 Å². The summed E-state index contributed by atoms with van der Waals surface area (Å²) in [5.74, 6) is 0.842. The summed E-state index contributed by atoms with van der Waals surface area (Å²) in [6, 6.07) is 17.7. The zero-order valence-corrected chi connectivity index (χ0v) is 20.2. The molecule has 0 fully saturated rings. The summed E-state index contributed by atoms with van der Waals surface area (Å²) in [7, 11) is 3.19. The molecule has 0 aliphatic rings. The molecule has 32 heavy (non-hydrogen) atoms. The number of anilines is 1. The third-order valence-electron chi connectivity index (χ3n) is 5.09. The molecule has 0 heterocycles. The Morgan fingerprint density at radius 2 is 1.78 bits per heavy atom. The number of amides is 1. The molecule has 3 aromatic rings. The van der Waals surface area contributed by atoms with Gasteiger partial charge < -0.3 is 19.5 Å². The number of hydrogen-bond acceptors (Lipinski definition) is 5. The minimum absolute atomic E-state index is 0.0522. The molecule has 5 nitrogen and oxygen atoms in total. The van der Waals surface area contributed by atoms with Crippen molar-refractivity contribution in [2.45, 2.75) is 25.2 Å². The van der Waals surface area contributed by atoms with Crippen LogP contribution in [0.2, 0.25) is 5.02 Å². The van der Waals surface area contributed by atoms with Gasteiger partial charge in [-0.25, -0.2) is 0 Å². The van der Waals surface area contributed by atoms with Gasteiger partial charge in [0.1, 0.15) is 6.54 Å². The highest BCUT2D eigenvalue weighted by Gasteiger charge is 2.18. The number of nitrogens with two attached hydrogens (primary N) is 1. The van der Waals surface area contributed by atoms with E-state index in [1.165, 1.54) is 11.9 Å². The Labute approximate surface area is 198 Å². The first kappa shape index (κ1) is 23.8. The molecule has 0 saturated heterocycles. The largest absolute Gasteiger partial charge is 0.493 e. The predicted octanol–water partition coefficient (Wildman–Crippen LogP) is 5.56. The van der Waals surface area contributed by atoms with E-state index < -0.39 is 5.91 Å². The lowest BCUT2D eigenvalue weighted by atomic mass is 9.98. The SMILES string of the molecule is COc1ccc(SN(CC(N)=O)c2ccc(C)cc2Cc2c(C)cccc2Cl)cc1OC. The second kappa shape index (κ2) is 10.7. The molecule has 0 saturated carbocycles. The molecule has 0 aliphatic carbocycles. The van der Waals surface area contributed by atoms with Crippen molar-refractivity contribution in [1.82, 2.24) is 0 Å². The fourth-order valence-electron chi connectivity index (χ4n) is 3.49. The van der Waals surface area contributed by atoms with Crippen molar-refractivity contribution in [3.05, 3.63) is 81.9 Å².